The number of aryl methyl sites for hydroxylation is 1. The molecule has 0 aromatic carbocycles. The van der Waals surface area contributed by atoms with Crippen LogP contribution in [0.2, 0.25) is 0 Å². The van der Waals surface area contributed by atoms with Crippen molar-refractivity contribution in [1.29, 1.82) is 0 Å². The molecule has 0 radical (unpaired) electrons. The second-order valence-corrected chi connectivity index (χ2v) is 8.73. The Bertz CT molecular complexity index is 1230. The van der Waals surface area contributed by atoms with Gasteiger partial charge in [0, 0.05) is 30.7 Å². The quantitative estimate of drug-likeness (QED) is 0.558. The van der Waals surface area contributed by atoms with Crippen molar-refractivity contribution in [3.8, 4) is 11.4 Å². The number of halogens is 4. The van der Waals surface area contributed by atoms with Crippen molar-refractivity contribution in [3.05, 3.63) is 71.4 Å². The van der Waals surface area contributed by atoms with E-state index < -0.39 is 17.6 Å². The Hall–Kier alpha value is -3.56. The summed E-state index contributed by atoms with van der Waals surface area (Å²) in [7, 11) is 0. The second-order valence-electron chi connectivity index (χ2n) is 8.73. The topological polar surface area (TPSA) is 71.0 Å². The first kappa shape index (κ1) is 22.2. The van der Waals surface area contributed by atoms with Crippen LogP contribution in [0.3, 0.4) is 0 Å². The van der Waals surface area contributed by atoms with Gasteiger partial charge in [0.05, 0.1) is 17.2 Å². The first-order valence-corrected chi connectivity index (χ1v) is 10.9. The number of alkyl halides is 3. The molecule has 1 aliphatic carbocycles. The zero-order valence-corrected chi connectivity index (χ0v) is 18.2. The molecule has 3 aromatic rings. The Morgan fingerprint density at radius 1 is 1.09 bits per heavy atom. The maximum absolute atomic E-state index is 14.5. The fourth-order valence-corrected chi connectivity index (χ4v) is 4.88. The van der Waals surface area contributed by atoms with Crippen LogP contribution in [0.15, 0.2) is 48.8 Å². The van der Waals surface area contributed by atoms with Crippen LogP contribution in [-0.4, -0.2) is 44.4 Å². The number of carbonyl (C=O) groups is 1. The maximum Gasteiger partial charge on any atom is 0.417 e. The lowest BCUT2D eigenvalue weighted by molar-refractivity contribution is -0.137. The van der Waals surface area contributed by atoms with E-state index in [1.807, 2.05) is 0 Å². The van der Waals surface area contributed by atoms with Crippen molar-refractivity contribution >= 4 is 11.7 Å². The first-order chi connectivity index (χ1) is 16.2. The van der Waals surface area contributed by atoms with E-state index in [1.54, 1.807) is 24.0 Å². The second kappa shape index (κ2) is 8.34. The highest BCUT2D eigenvalue weighted by molar-refractivity contribution is 6.00. The van der Waals surface area contributed by atoms with Gasteiger partial charge < -0.3 is 10.2 Å². The molecule has 4 heterocycles. The fourth-order valence-electron chi connectivity index (χ4n) is 4.88. The van der Waals surface area contributed by atoms with Gasteiger partial charge in [-0.15, -0.1) is 0 Å². The molecule has 0 spiro atoms. The monoisotopic (exact) mass is 471 g/mol. The number of nitrogens with one attached hydrogen (secondary N) is 1. The van der Waals surface area contributed by atoms with Gasteiger partial charge in [0.2, 0.25) is 0 Å². The molecule has 2 fully saturated rings. The van der Waals surface area contributed by atoms with E-state index in [0.717, 1.165) is 25.1 Å². The third-order valence-electron chi connectivity index (χ3n) is 6.41. The fraction of sp³-hybridized carbons (Fsp3) is 0.333. The van der Waals surface area contributed by atoms with Crippen molar-refractivity contribution in [2.24, 2.45) is 5.92 Å². The normalized spacial score (nSPS) is 21.7. The Balaban J connectivity index is 1.39. The van der Waals surface area contributed by atoms with Crippen LogP contribution in [0.1, 0.15) is 34.5 Å². The van der Waals surface area contributed by atoms with Gasteiger partial charge in [0.1, 0.15) is 17.2 Å². The molecular formula is C24H21F4N5O. The molecule has 1 N–H and O–H groups in total. The Kier molecular flexibility index (Phi) is 5.45. The molecule has 176 valence electrons. The smallest absolute Gasteiger partial charge is 0.365 e. The molecule has 3 aromatic heterocycles. The predicted octanol–water partition coefficient (Wildman–Crippen LogP) is 4.72. The molecule has 34 heavy (non-hydrogen) atoms. The van der Waals surface area contributed by atoms with Crippen LogP contribution in [0.25, 0.3) is 11.4 Å². The first-order valence-electron chi connectivity index (χ1n) is 10.9. The number of hydrogen-bond donors (Lipinski definition) is 1. The number of fused-ring (bicyclic) bond motifs is 2. The predicted molar refractivity (Wildman–Crippen MR) is 116 cm³/mol. The van der Waals surface area contributed by atoms with E-state index in [9.17, 15) is 22.4 Å². The summed E-state index contributed by atoms with van der Waals surface area (Å²) in [6.07, 6.45) is -0.648. The summed E-state index contributed by atoms with van der Waals surface area (Å²) >= 11 is 0. The number of hydrogen-bond acceptors (Lipinski definition) is 5. The summed E-state index contributed by atoms with van der Waals surface area (Å²) in [5.74, 6) is -0.252. The molecule has 3 atom stereocenters. The molecule has 5 rings (SSSR count). The summed E-state index contributed by atoms with van der Waals surface area (Å²) in [4.78, 5) is 27.7. The van der Waals surface area contributed by atoms with Crippen LogP contribution in [0, 0.1) is 18.7 Å². The standard InChI is InChI=1S/C24H21F4N5O/c1-13-4-6-16(21(31-13)22-17(25)3-2-8-29-22)23(34)33-12-14-9-18(19(33)10-14)32-20-7-5-15(11-30-20)24(26,27)28/h2-8,11,14,18-19H,9-10,12H2,1H3,(H,30,32). The van der Waals surface area contributed by atoms with Gasteiger partial charge in [0.15, 0.2) is 5.82 Å². The number of likely N-dealkylation sites (tertiary alicyclic amines) is 1. The Labute approximate surface area is 193 Å². The summed E-state index contributed by atoms with van der Waals surface area (Å²) < 4.78 is 52.9. The largest absolute Gasteiger partial charge is 0.417 e. The molecule has 10 heteroatoms. The zero-order chi connectivity index (χ0) is 24.0. The van der Waals surface area contributed by atoms with E-state index in [4.69, 9.17) is 0 Å². The minimum absolute atomic E-state index is 0.0162. The molecule has 6 nitrogen and oxygen atoms in total. The SMILES string of the molecule is Cc1ccc(C(=O)N2CC3CC(Nc4ccc(C(F)(F)F)cn4)C2C3)c(-c2ncccc2F)n1. The van der Waals surface area contributed by atoms with E-state index >= 15 is 0 Å². The highest BCUT2D eigenvalue weighted by Crippen LogP contribution is 2.40. The van der Waals surface area contributed by atoms with Crippen LogP contribution < -0.4 is 5.32 Å². The van der Waals surface area contributed by atoms with Gasteiger partial charge in [-0.2, -0.15) is 13.2 Å². The minimum atomic E-state index is -4.45. The zero-order valence-electron chi connectivity index (χ0n) is 18.2. The molecule has 1 saturated heterocycles. The molecule has 2 bridgehead atoms. The number of nitrogens with zero attached hydrogens (tertiary/aromatic N) is 4. The van der Waals surface area contributed by atoms with Gasteiger partial charge in [0.25, 0.3) is 5.91 Å². The average Bonchev–Trinajstić information content (AvgIpc) is 3.39. The van der Waals surface area contributed by atoms with Crippen molar-refractivity contribution < 1.29 is 22.4 Å². The van der Waals surface area contributed by atoms with Gasteiger partial charge in [-0.1, -0.05) is 0 Å². The minimum Gasteiger partial charge on any atom is -0.365 e. The lowest BCUT2D eigenvalue weighted by Gasteiger charge is -2.34. The summed E-state index contributed by atoms with van der Waals surface area (Å²) in [6, 6.07) is 8.05. The van der Waals surface area contributed by atoms with Crippen molar-refractivity contribution in [2.45, 2.75) is 38.0 Å². The molecule has 1 amide bonds. The van der Waals surface area contributed by atoms with Gasteiger partial charge in [-0.25, -0.2) is 9.37 Å². The van der Waals surface area contributed by atoms with Crippen molar-refractivity contribution in [3.63, 3.8) is 0 Å². The van der Waals surface area contributed by atoms with Gasteiger partial charge in [-0.05, 0) is 62.1 Å². The van der Waals surface area contributed by atoms with E-state index in [2.05, 4.69) is 20.3 Å². The number of anilines is 1. The maximum atomic E-state index is 14.5. The van der Waals surface area contributed by atoms with Gasteiger partial charge in [-0.3, -0.25) is 14.8 Å². The van der Waals surface area contributed by atoms with Crippen LogP contribution in [0.4, 0.5) is 23.4 Å². The average molecular weight is 471 g/mol. The number of amides is 1. The third kappa shape index (κ3) is 4.08. The molecular weight excluding hydrogens is 450 g/mol. The van der Waals surface area contributed by atoms with Gasteiger partial charge >= 0.3 is 6.18 Å². The van der Waals surface area contributed by atoms with Crippen molar-refractivity contribution in [1.82, 2.24) is 19.9 Å². The number of piperidine rings is 1. The van der Waals surface area contributed by atoms with E-state index in [1.165, 1.54) is 24.4 Å². The van der Waals surface area contributed by atoms with Crippen LogP contribution in [-0.2, 0) is 6.18 Å². The lowest BCUT2D eigenvalue weighted by atomic mass is 10.0. The summed E-state index contributed by atoms with van der Waals surface area (Å²) in [6.45, 7) is 2.31. The Morgan fingerprint density at radius 3 is 2.59 bits per heavy atom. The van der Waals surface area contributed by atoms with Crippen LogP contribution >= 0.6 is 0 Å². The Morgan fingerprint density at radius 2 is 1.91 bits per heavy atom. The summed E-state index contributed by atoms with van der Waals surface area (Å²) in [5, 5.41) is 3.19. The molecule has 1 aliphatic heterocycles. The van der Waals surface area contributed by atoms with E-state index in [0.29, 0.717) is 18.1 Å². The molecule has 3 unspecified atom stereocenters. The number of pyridine rings is 3. The molecule has 1 saturated carbocycles. The van der Waals surface area contributed by atoms with Crippen molar-refractivity contribution in [2.75, 3.05) is 11.9 Å². The number of aromatic nitrogens is 3. The third-order valence-corrected chi connectivity index (χ3v) is 6.41. The molecule has 2 aliphatic rings. The number of rotatable bonds is 4. The summed E-state index contributed by atoms with van der Waals surface area (Å²) in [5.41, 5.74) is 0.292. The number of carbonyl (C=O) groups excluding carboxylic acids is 1. The van der Waals surface area contributed by atoms with E-state index in [-0.39, 0.29) is 40.9 Å². The lowest BCUT2D eigenvalue weighted by Crippen LogP contribution is -2.48. The highest BCUT2D eigenvalue weighted by atomic mass is 19.4. The van der Waals surface area contributed by atoms with Crippen LogP contribution in [0.5, 0.6) is 0 Å². The highest BCUT2D eigenvalue weighted by Gasteiger charge is 2.47.